The summed E-state index contributed by atoms with van der Waals surface area (Å²) in [7, 11) is 0. The Hall–Kier alpha value is -1.52. The fraction of sp³-hybridized carbons (Fsp3) is 0.333. The second-order valence-corrected chi connectivity index (χ2v) is 4.28. The number of phenols is 1. The highest BCUT2D eigenvalue weighted by Crippen LogP contribution is 2.29. The molecular formula is C12H14N2O2. The van der Waals surface area contributed by atoms with Crippen LogP contribution in [0.1, 0.15) is 11.3 Å². The molecule has 1 aromatic carbocycles. The van der Waals surface area contributed by atoms with Crippen molar-refractivity contribution in [3.05, 3.63) is 29.5 Å². The summed E-state index contributed by atoms with van der Waals surface area (Å²) in [6.07, 6.45) is 0.801. The maximum atomic E-state index is 9.49. The number of aromatic nitrogens is 1. The maximum Gasteiger partial charge on any atom is 0.116 e. The molecule has 0 saturated heterocycles. The average Bonchev–Trinajstić information content (AvgIpc) is 2.66. The van der Waals surface area contributed by atoms with Gasteiger partial charge in [0.15, 0.2) is 0 Å². The highest BCUT2D eigenvalue weighted by Gasteiger charge is 2.21. The molecule has 4 heteroatoms. The Labute approximate surface area is 92.9 Å². The van der Waals surface area contributed by atoms with Crippen molar-refractivity contribution in [2.24, 2.45) is 0 Å². The Morgan fingerprint density at radius 2 is 2.25 bits per heavy atom. The number of nitrogens with one attached hydrogen (secondary N) is 2. The number of benzene rings is 1. The molecule has 0 fully saturated rings. The van der Waals surface area contributed by atoms with Crippen molar-refractivity contribution in [1.29, 1.82) is 0 Å². The zero-order valence-corrected chi connectivity index (χ0v) is 8.83. The number of aromatic hydroxyl groups is 1. The van der Waals surface area contributed by atoms with Crippen LogP contribution >= 0.6 is 0 Å². The summed E-state index contributed by atoms with van der Waals surface area (Å²) < 4.78 is 0. The molecule has 1 aliphatic heterocycles. The lowest BCUT2D eigenvalue weighted by molar-refractivity contribution is 0.235. The van der Waals surface area contributed by atoms with Gasteiger partial charge in [-0.1, -0.05) is 0 Å². The topological polar surface area (TPSA) is 68.3 Å². The van der Waals surface area contributed by atoms with Crippen LogP contribution in [0.15, 0.2) is 18.2 Å². The van der Waals surface area contributed by atoms with Gasteiger partial charge in [0.1, 0.15) is 5.75 Å². The molecule has 0 aliphatic carbocycles. The monoisotopic (exact) mass is 218 g/mol. The SMILES string of the molecule is OC[C@@H]1Cc2c([nH]c3ccc(O)cc23)CN1. The second-order valence-electron chi connectivity index (χ2n) is 4.28. The summed E-state index contributed by atoms with van der Waals surface area (Å²) in [6.45, 7) is 0.890. The van der Waals surface area contributed by atoms with E-state index in [1.165, 1.54) is 5.56 Å². The molecule has 0 saturated carbocycles. The van der Waals surface area contributed by atoms with Gasteiger partial charge in [0.05, 0.1) is 6.61 Å². The third-order valence-corrected chi connectivity index (χ3v) is 3.22. The molecule has 0 radical (unpaired) electrons. The summed E-state index contributed by atoms with van der Waals surface area (Å²) in [5, 5.41) is 23.0. The van der Waals surface area contributed by atoms with Crippen LogP contribution in [0.3, 0.4) is 0 Å². The minimum Gasteiger partial charge on any atom is -0.508 e. The van der Waals surface area contributed by atoms with Crippen molar-refractivity contribution >= 4 is 10.9 Å². The van der Waals surface area contributed by atoms with Crippen LogP contribution in [0.2, 0.25) is 0 Å². The zero-order valence-electron chi connectivity index (χ0n) is 8.83. The number of hydrogen-bond donors (Lipinski definition) is 4. The van der Waals surface area contributed by atoms with Crippen molar-refractivity contribution in [3.8, 4) is 5.75 Å². The van der Waals surface area contributed by atoms with Gasteiger partial charge in [0.25, 0.3) is 0 Å². The lowest BCUT2D eigenvalue weighted by atomic mass is 9.99. The lowest BCUT2D eigenvalue weighted by Crippen LogP contribution is -2.37. The Morgan fingerprint density at radius 1 is 1.38 bits per heavy atom. The van der Waals surface area contributed by atoms with Crippen molar-refractivity contribution in [2.75, 3.05) is 6.61 Å². The van der Waals surface area contributed by atoms with Crippen LogP contribution in [-0.2, 0) is 13.0 Å². The van der Waals surface area contributed by atoms with Crippen LogP contribution in [0.5, 0.6) is 5.75 Å². The fourth-order valence-electron chi connectivity index (χ4n) is 2.37. The summed E-state index contributed by atoms with van der Waals surface area (Å²) in [5.74, 6) is 0.286. The molecule has 1 atom stereocenters. The molecule has 0 amide bonds. The summed E-state index contributed by atoms with van der Waals surface area (Å²) in [5.41, 5.74) is 3.41. The first-order valence-electron chi connectivity index (χ1n) is 5.44. The molecule has 2 aromatic rings. The van der Waals surface area contributed by atoms with E-state index in [4.69, 9.17) is 5.11 Å². The highest BCUT2D eigenvalue weighted by atomic mass is 16.3. The average molecular weight is 218 g/mol. The first-order valence-corrected chi connectivity index (χ1v) is 5.44. The fourth-order valence-corrected chi connectivity index (χ4v) is 2.37. The smallest absolute Gasteiger partial charge is 0.116 e. The van der Waals surface area contributed by atoms with E-state index in [-0.39, 0.29) is 18.4 Å². The van der Waals surface area contributed by atoms with Gasteiger partial charge in [-0.2, -0.15) is 0 Å². The number of aliphatic hydroxyl groups excluding tert-OH is 1. The van der Waals surface area contributed by atoms with Crippen LogP contribution < -0.4 is 5.32 Å². The molecule has 16 heavy (non-hydrogen) atoms. The van der Waals surface area contributed by atoms with E-state index in [0.29, 0.717) is 0 Å². The van der Waals surface area contributed by atoms with Crippen molar-refractivity contribution < 1.29 is 10.2 Å². The van der Waals surface area contributed by atoms with Gasteiger partial charge < -0.3 is 20.5 Å². The normalized spacial score (nSPS) is 19.9. The molecule has 0 spiro atoms. The van der Waals surface area contributed by atoms with Crippen molar-refractivity contribution in [1.82, 2.24) is 10.3 Å². The second kappa shape index (κ2) is 3.50. The number of H-pyrrole nitrogens is 1. The number of rotatable bonds is 1. The predicted octanol–water partition coefficient (Wildman–Crippen LogP) is 0.880. The van der Waals surface area contributed by atoms with Gasteiger partial charge in [-0.15, -0.1) is 0 Å². The highest BCUT2D eigenvalue weighted by molar-refractivity contribution is 5.86. The van der Waals surface area contributed by atoms with Crippen molar-refractivity contribution in [2.45, 2.75) is 19.0 Å². The number of fused-ring (bicyclic) bond motifs is 3. The molecule has 4 nitrogen and oxygen atoms in total. The van der Waals surface area contributed by atoms with Crippen LogP contribution in [-0.4, -0.2) is 27.8 Å². The molecule has 1 aliphatic rings. The van der Waals surface area contributed by atoms with Gasteiger partial charge in [0, 0.05) is 29.2 Å². The van der Waals surface area contributed by atoms with E-state index in [1.807, 2.05) is 6.07 Å². The zero-order chi connectivity index (χ0) is 11.1. The molecule has 84 valence electrons. The molecule has 4 N–H and O–H groups in total. The Morgan fingerprint density at radius 3 is 3.06 bits per heavy atom. The predicted molar refractivity (Wildman–Crippen MR) is 61.4 cm³/mol. The van der Waals surface area contributed by atoms with Crippen LogP contribution in [0, 0.1) is 0 Å². The number of hydrogen-bond acceptors (Lipinski definition) is 3. The third kappa shape index (κ3) is 1.38. The quantitative estimate of drug-likeness (QED) is 0.574. The van der Waals surface area contributed by atoms with Gasteiger partial charge >= 0.3 is 0 Å². The van der Waals surface area contributed by atoms with Gasteiger partial charge in [0.2, 0.25) is 0 Å². The lowest BCUT2D eigenvalue weighted by Gasteiger charge is -2.22. The maximum absolute atomic E-state index is 9.49. The van der Waals surface area contributed by atoms with Crippen LogP contribution in [0.25, 0.3) is 10.9 Å². The van der Waals surface area contributed by atoms with E-state index >= 15 is 0 Å². The Balaban J connectivity index is 2.15. The number of aliphatic hydroxyl groups is 1. The van der Waals surface area contributed by atoms with E-state index in [1.54, 1.807) is 12.1 Å². The summed E-state index contributed by atoms with van der Waals surface area (Å²) in [4.78, 5) is 3.33. The van der Waals surface area contributed by atoms with E-state index in [0.717, 1.165) is 29.6 Å². The van der Waals surface area contributed by atoms with Crippen molar-refractivity contribution in [3.63, 3.8) is 0 Å². The minimum atomic E-state index is 0.119. The van der Waals surface area contributed by atoms with Gasteiger partial charge in [-0.3, -0.25) is 0 Å². The van der Waals surface area contributed by atoms with Gasteiger partial charge in [-0.25, -0.2) is 0 Å². The molecular weight excluding hydrogens is 204 g/mol. The molecule has 3 rings (SSSR count). The molecule has 1 aromatic heterocycles. The summed E-state index contributed by atoms with van der Waals surface area (Å²) in [6, 6.07) is 5.47. The van der Waals surface area contributed by atoms with Crippen LogP contribution in [0.4, 0.5) is 0 Å². The third-order valence-electron chi connectivity index (χ3n) is 3.22. The summed E-state index contributed by atoms with van der Waals surface area (Å²) >= 11 is 0. The van der Waals surface area contributed by atoms with Gasteiger partial charge in [-0.05, 0) is 30.2 Å². The largest absolute Gasteiger partial charge is 0.508 e. The Kier molecular flexibility index (Phi) is 2.12. The number of phenolic OH excluding ortho intramolecular Hbond substituents is 1. The molecule has 2 heterocycles. The molecule has 0 bridgehead atoms. The first kappa shape index (κ1) is 9.69. The Bertz CT molecular complexity index is 533. The number of aromatic amines is 1. The first-order chi connectivity index (χ1) is 7.78. The van der Waals surface area contributed by atoms with E-state index < -0.39 is 0 Å². The standard InChI is InChI=1S/C12H14N2O2/c15-6-7-3-9-10-4-8(16)1-2-11(10)14-12(9)5-13-7/h1-2,4,7,13-16H,3,5-6H2/t7-/m0/s1. The minimum absolute atomic E-state index is 0.119. The van der Waals surface area contributed by atoms with E-state index in [9.17, 15) is 5.11 Å². The van der Waals surface area contributed by atoms with E-state index in [2.05, 4.69) is 10.3 Å². The molecule has 0 unspecified atom stereocenters.